The number of benzene rings is 2. The molecule has 3 heterocycles. The van der Waals surface area contributed by atoms with E-state index in [-0.39, 0.29) is 12.0 Å². The third-order valence-electron chi connectivity index (χ3n) is 6.85. The largest absolute Gasteiger partial charge is 0.496 e. The average molecular weight is 472 g/mol. The van der Waals surface area contributed by atoms with Gasteiger partial charge in [-0.3, -0.25) is 14.7 Å². The number of rotatable bonds is 5. The molecular weight excluding hydrogens is 442 g/mol. The molecule has 2 aromatic carbocycles. The van der Waals surface area contributed by atoms with Crippen molar-refractivity contribution in [2.24, 2.45) is 0 Å². The van der Waals surface area contributed by atoms with Crippen LogP contribution in [0.15, 0.2) is 72.9 Å². The van der Waals surface area contributed by atoms with Crippen molar-refractivity contribution in [3.05, 3.63) is 89.7 Å². The van der Waals surface area contributed by atoms with Crippen molar-refractivity contribution in [2.45, 2.75) is 31.3 Å². The predicted molar refractivity (Wildman–Crippen MR) is 133 cm³/mol. The summed E-state index contributed by atoms with van der Waals surface area (Å²) in [5.41, 5.74) is 2.74. The number of pyridine rings is 1. The second-order valence-corrected chi connectivity index (χ2v) is 9.14. The van der Waals surface area contributed by atoms with Gasteiger partial charge >= 0.3 is 6.09 Å². The highest BCUT2D eigenvalue weighted by atomic mass is 16.6. The van der Waals surface area contributed by atoms with Crippen LogP contribution in [0.25, 0.3) is 0 Å². The van der Waals surface area contributed by atoms with Crippen molar-refractivity contribution in [1.29, 1.82) is 0 Å². The van der Waals surface area contributed by atoms with E-state index in [2.05, 4.69) is 4.98 Å². The number of hydrogen-bond acceptors (Lipinski definition) is 5. The summed E-state index contributed by atoms with van der Waals surface area (Å²) in [6, 6.07) is 21.0. The molecule has 1 spiro atoms. The molecule has 0 radical (unpaired) electrons. The normalized spacial score (nSPS) is 20.0. The van der Waals surface area contributed by atoms with Gasteiger partial charge in [0.25, 0.3) is 5.91 Å². The summed E-state index contributed by atoms with van der Waals surface area (Å²) in [4.78, 5) is 34.1. The van der Waals surface area contributed by atoms with E-state index in [0.717, 1.165) is 35.5 Å². The molecule has 180 valence electrons. The molecule has 0 unspecified atom stereocenters. The molecule has 0 bridgehead atoms. The van der Waals surface area contributed by atoms with Crippen molar-refractivity contribution in [1.82, 2.24) is 9.88 Å². The minimum atomic E-state index is -0.560. The molecular formula is C28H29N3O4. The number of hydrogen-bond donors (Lipinski definition) is 0. The van der Waals surface area contributed by atoms with E-state index in [1.165, 1.54) is 0 Å². The second-order valence-electron chi connectivity index (χ2n) is 9.14. The first kappa shape index (κ1) is 22.9. The van der Waals surface area contributed by atoms with Gasteiger partial charge in [-0.1, -0.05) is 36.4 Å². The molecule has 3 aromatic rings. The monoisotopic (exact) mass is 471 g/mol. The lowest BCUT2D eigenvalue weighted by Gasteiger charge is -2.25. The summed E-state index contributed by atoms with van der Waals surface area (Å²) in [5, 5.41) is 0. The molecule has 2 saturated heterocycles. The van der Waals surface area contributed by atoms with E-state index in [1.807, 2.05) is 65.6 Å². The van der Waals surface area contributed by atoms with Crippen LogP contribution in [-0.4, -0.2) is 54.2 Å². The van der Waals surface area contributed by atoms with Gasteiger partial charge in [-0.2, -0.15) is 0 Å². The highest BCUT2D eigenvalue weighted by Gasteiger charge is 2.46. The molecule has 2 aliphatic rings. The molecule has 0 N–H and O–H groups in total. The molecule has 2 amide bonds. The third kappa shape index (κ3) is 4.85. The summed E-state index contributed by atoms with van der Waals surface area (Å²) < 4.78 is 11.4. The molecule has 0 saturated carbocycles. The minimum Gasteiger partial charge on any atom is -0.496 e. The maximum Gasteiger partial charge on any atom is 0.415 e. The number of aromatic nitrogens is 1. The van der Waals surface area contributed by atoms with Gasteiger partial charge in [-0.05, 0) is 43.2 Å². The lowest BCUT2D eigenvalue weighted by Crippen LogP contribution is -2.37. The summed E-state index contributed by atoms with van der Waals surface area (Å²) >= 11 is 0. The second kappa shape index (κ2) is 9.78. The predicted octanol–water partition coefficient (Wildman–Crippen LogP) is 4.70. The fourth-order valence-electron chi connectivity index (χ4n) is 5.00. The number of para-hydroxylation sites is 2. The minimum absolute atomic E-state index is 0.0186. The Morgan fingerprint density at radius 1 is 1.06 bits per heavy atom. The van der Waals surface area contributed by atoms with Gasteiger partial charge in [0.2, 0.25) is 0 Å². The average Bonchev–Trinajstić information content (AvgIpc) is 3.08. The fraction of sp³-hybridized carbons (Fsp3) is 0.321. The van der Waals surface area contributed by atoms with Crippen LogP contribution < -0.4 is 9.64 Å². The van der Waals surface area contributed by atoms with Crippen LogP contribution in [0.3, 0.4) is 0 Å². The first-order chi connectivity index (χ1) is 17.1. The Hall–Kier alpha value is -3.87. The van der Waals surface area contributed by atoms with Gasteiger partial charge in [-0.25, -0.2) is 4.79 Å². The van der Waals surface area contributed by atoms with Crippen LogP contribution in [0.5, 0.6) is 5.75 Å². The van der Waals surface area contributed by atoms with E-state index in [0.29, 0.717) is 38.0 Å². The highest BCUT2D eigenvalue weighted by Crippen LogP contribution is 2.36. The molecule has 0 aliphatic carbocycles. The highest BCUT2D eigenvalue weighted by molar-refractivity contribution is 5.94. The van der Waals surface area contributed by atoms with Gasteiger partial charge in [0, 0.05) is 54.6 Å². The lowest BCUT2D eigenvalue weighted by atomic mass is 9.95. The maximum absolute atomic E-state index is 13.4. The van der Waals surface area contributed by atoms with Gasteiger partial charge < -0.3 is 14.4 Å². The number of amides is 2. The molecule has 7 heteroatoms. The molecule has 1 atom stereocenters. The number of likely N-dealkylation sites (tertiary alicyclic amines) is 1. The van der Waals surface area contributed by atoms with E-state index < -0.39 is 5.60 Å². The number of anilines is 1. The van der Waals surface area contributed by atoms with Crippen molar-refractivity contribution in [3.8, 4) is 5.75 Å². The lowest BCUT2D eigenvalue weighted by molar-refractivity contribution is 0.0438. The summed E-state index contributed by atoms with van der Waals surface area (Å²) in [6.45, 7) is 1.68. The Morgan fingerprint density at radius 2 is 1.86 bits per heavy atom. The number of nitrogens with zero attached hydrogens (tertiary/aromatic N) is 3. The van der Waals surface area contributed by atoms with E-state index in [4.69, 9.17) is 9.47 Å². The maximum atomic E-state index is 13.4. The molecule has 35 heavy (non-hydrogen) atoms. The van der Waals surface area contributed by atoms with Crippen LogP contribution in [0.2, 0.25) is 0 Å². The Morgan fingerprint density at radius 3 is 2.69 bits per heavy atom. The Kier molecular flexibility index (Phi) is 6.40. The Balaban J connectivity index is 1.27. The van der Waals surface area contributed by atoms with Crippen molar-refractivity contribution in [3.63, 3.8) is 0 Å². The van der Waals surface area contributed by atoms with Crippen LogP contribution in [0.1, 0.15) is 40.9 Å². The Bertz CT molecular complexity index is 1220. The zero-order valence-electron chi connectivity index (χ0n) is 19.9. The fourth-order valence-corrected chi connectivity index (χ4v) is 5.00. The molecule has 5 rings (SSSR count). The smallest absolute Gasteiger partial charge is 0.415 e. The van der Waals surface area contributed by atoms with Crippen molar-refractivity contribution in [2.75, 3.05) is 31.6 Å². The molecule has 2 fully saturated rings. The first-order valence-electron chi connectivity index (χ1n) is 12.0. The standard InChI is InChI=1S/C28H29N3O4/c1-34-25-11-6-5-8-21(25)18-23-19-22(12-15-29-23)26(32)30-16-7-13-28(14-17-30)20-31(27(33)35-28)24-9-3-2-4-10-24/h2-6,8-12,15,19H,7,13-14,16-18,20H2,1H3/t28-/m0/s1. The van der Waals surface area contributed by atoms with E-state index in [1.54, 1.807) is 24.3 Å². The van der Waals surface area contributed by atoms with Crippen LogP contribution in [0, 0.1) is 0 Å². The number of methoxy groups -OCH3 is 1. The quantitative estimate of drug-likeness (QED) is 0.539. The van der Waals surface area contributed by atoms with E-state index in [9.17, 15) is 9.59 Å². The zero-order chi connectivity index (χ0) is 24.3. The first-order valence-corrected chi connectivity index (χ1v) is 12.0. The van der Waals surface area contributed by atoms with E-state index >= 15 is 0 Å². The van der Waals surface area contributed by atoms with Gasteiger partial charge in [0.05, 0.1) is 13.7 Å². The van der Waals surface area contributed by atoms with Gasteiger partial charge in [-0.15, -0.1) is 0 Å². The molecule has 1 aromatic heterocycles. The Labute approximate surface area is 205 Å². The molecule has 7 nitrogen and oxygen atoms in total. The van der Waals surface area contributed by atoms with Gasteiger partial charge in [0.1, 0.15) is 11.4 Å². The zero-order valence-corrected chi connectivity index (χ0v) is 19.9. The summed E-state index contributed by atoms with van der Waals surface area (Å²) in [6.07, 6.45) is 4.09. The molecule has 2 aliphatic heterocycles. The van der Waals surface area contributed by atoms with Crippen LogP contribution in [-0.2, 0) is 11.2 Å². The topological polar surface area (TPSA) is 72.0 Å². The summed E-state index contributed by atoms with van der Waals surface area (Å²) in [5.74, 6) is 0.787. The van der Waals surface area contributed by atoms with Crippen molar-refractivity contribution < 1.29 is 19.1 Å². The van der Waals surface area contributed by atoms with Gasteiger partial charge in [0.15, 0.2) is 0 Å². The third-order valence-corrected chi connectivity index (χ3v) is 6.85. The van der Waals surface area contributed by atoms with Crippen LogP contribution in [0.4, 0.5) is 10.5 Å². The SMILES string of the molecule is COc1ccccc1Cc1cc(C(=O)N2CCC[C@]3(CC2)CN(c2ccccc2)C(=O)O3)ccn1. The summed E-state index contributed by atoms with van der Waals surface area (Å²) in [7, 11) is 1.65. The number of carbonyl (C=O) groups excluding carboxylic acids is 2. The number of ether oxygens (including phenoxy) is 2. The van der Waals surface area contributed by atoms with Crippen molar-refractivity contribution >= 4 is 17.7 Å². The van der Waals surface area contributed by atoms with Crippen LogP contribution >= 0.6 is 0 Å². The number of carbonyl (C=O) groups is 2.